The van der Waals surface area contributed by atoms with Gasteiger partial charge >= 0.3 is 5.97 Å². The van der Waals surface area contributed by atoms with Crippen LogP contribution in [0.3, 0.4) is 0 Å². The van der Waals surface area contributed by atoms with Crippen LogP contribution in [0, 0.1) is 20.8 Å². The van der Waals surface area contributed by atoms with Crippen molar-refractivity contribution in [2.45, 2.75) is 40.2 Å². The van der Waals surface area contributed by atoms with Gasteiger partial charge in [0.1, 0.15) is 0 Å². The lowest BCUT2D eigenvalue weighted by atomic mass is 9.95. The minimum absolute atomic E-state index is 0.233. The normalized spacial score (nSPS) is 12.3. The lowest BCUT2D eigenvalue weighted by Crippen LogP contribution is -2.18. The summed E-state index contributed by atoms with van der Waals surface area (Å²) in [6, 6.07) is 3.89. The monoisotopic (exact) mass is 235 g/mol. The number of esters is 1. The number of carbonyl (C=O) groups is 1. The van der Waals surface area contributed by atoms with E-state index in [1.165, 1.54) is 11.1 Å². The van der Waals surface area contributed by atoms with Crippen molar-refractivity contribution >= 4 is 5.97 Å². The quantitative estimate of drug-likeness (QED) is 0.816. The van der Waals surface area contributed by atoms with Gasteiger partial charge in [0, 0.05) is 6.04 Å². The third-order valence-corrected chi connectivity index (χ3v) is 2.97. The molecule has 94 valence electrons. The van der Waals surface area contributed by atoms with Crippen molar-refractivity contribution in [3.63, 3.8) is 0 Å². The van der Waals surface area contributed by atoms with Gasteiger partial charge in [0.25, 0.3) is 0 Å². The molecule has 0 saturated carbocycles. The molecule has 2 N–H and O–H groups in total. The first-order chi connectivity index (χ1) is 7.95. The molecule has 0 heterocycles. The van der Waals surface area contributed by atoms with Crippen LogP contribution >= 0.6 is 0 Å². The van der Waals surface area contributed by atoms with Crippen LogP contribution in [0.15, 0.2) is 12.1 Å². The summed E-state index contributed by atoms with van der Waals surface area (Å²) < 4.78 is 4.91. The fourth-order valence-electron chi connectivity index (χ4n) is 1.89. The van der Waals surface area contributed by atoms with E-state index in [0.29, 0.717) is 6.61 Å². The van der Waals surface area contributed by atoms with E-state index in [2.05, 4.69) is 26.0 Å². The molecule has 1 rings (SSSR count). The van der Waals surface area contributed by atoms with Crippen molar-refractivity contribution < 1.29 is 9.53 Å². The van der Waals surface area contributed by atoms with Crippen LogP contribution in [0.4, 0.5) is 0 Å². The van der Waals surface area contributed by atoms with Gasteiger partial charge in [-0.15, -0.1) is 0 Å². The van der Waals surface area contributed by atoms with E-state index in [1.54, 1.807) is 6.92 Å². The molecule has 0 radical (unpaired) electrons. The van der Waals surface area contributed by atoms with E-state index < -0.39 is 0 Å². The summed E-state index contributed by atoms with van der Waals surface area (Å²) in [6.07, 6.45) is 0.233. The number of hydrogen-bond acceptors (Lipinski definition) is 3. The molecule has 17 heavy (non-hydrogen) atoms. The number of hydrogen-bond donors (Lipinski definition) is 1. The van der Waals surface area contributed by atoms with Crippen LogP contribution in [-0.2, 0) is 9.53 Å². The predicted octanol–water partition coefficient (Wildman–Crippen LogP) is 2.56. The first-order valence-corrected chi connectivity index (χ1v) is 5.94. The SMILES string of the molecule is CCOC(=O)C[C@H](N)c1cc(C)c(C)cc1C. The Morgan fingerprint density at radius 2 is 1.82 bits per heavy atom. The van der Waals surface area contributed by atoms with E-state index in [4.69, 9.17) is 10.5 Å². The molecule has 0 bridgehead atoms. The molecule has 0 fully saturated rings. The molecule has 0 amide bonds. The van der Waals surface area contributed by atoms with Crippen LogP contribution < -0.4 is 5.73 Å². The molecule has 0 spiro atoms. The third kappa shape index (κ3) is 3.56. The second-order valence-electron chi connectivity index (χ2n) is 4.41. The molecule has 1 aromatic carbocycles. The molecular weight excluding hydrogens is 214 g/mol. The molecule has 0 unspecified atom stereocenters. The molecule has 0 aliphatic rings. The van der Waals surface area contributed by atoms with Gasteiger partial charge in [-0.2, -0.15) is 0 Å². The number of rotatable bonds is 4. The van der Waals surface area contributed by atoms with E-state index in [1.807, 2.05) is 6.92 Å². The smallest absolute Gasteiger partial charge is 0.307 e. The number of aryl methyl sites for hydroxylation is 3. The maximum absolute atomic E-state index is 11.4. The van der Waals surface area contributed by atoms with Gasteiger partial charge in [0.2, 0.25) is 0 Å². The highest BCUT2D eigenvalue weighted by molar-refractivity contribution is 5.70. The Kier molecular flexibility index (Phi) is 4.70. The zero-order valence-corrected chi connectivity index (χ0v) is 11.0. The molecular formula is C14H21NO2. The fraction of sp³-hybridized carbons (Fsp3) is 0.500. The molecule has 0 aliphatic heterocycles. The van der Waals surface area contributed by atoms with Gasteiger partial charge in [-0.1, -0.05) is 12.1 Å². The Balaban J connectivity index is 2.85. The summed E-state index contributed by atoms with van der Waals surface area (Å²) in [6.45, 7) is 8.34. The highest BCUT2D eigenvalue weighted by Crippen LogP contribution is 2.22. The number of carbonyl (C=O) groups excluding carboxylic acids is 1. The zero-order valence-electron chi connectivity index (χ0n) is 11.0. The topological polar surface area (TPSA) is 52.3 Å². The van der Waals surface area contributed by atoms with Gasteiger partial charge < -0.3 is 10.5 Å². The standard InChI is InChI=1S/C14H21NO2/c1-5-17-14(16)8-13(15)12-7-10(3)9(2)6-11(12)4/h6-7,13H,5,8,15H2,1-4H3/t13-/m0/s1. The summed E-state index contributed by atoms with van der Waals surface area (Å²) >= 11 is 0. The fourth-order valence-corrected chi connectivity index (χ4v) is 1.89. The third-order valence-electron chi connectivity index (χ3n) is 2.97. The first-order valence-electron chi connectivity index (χ1n) is 5.94. The molecule has 0 aliphatic carbocycles. The largest absolute Gasteiger partial charge is 0.466 e. The van der Waals surface area contributed by atoms with Crippen LogP contribution in [0.25, 0.3) is 0 Å². The zero-order chi connectivity index (χ0) is 13.0. The van der Waals surface area contributed by atoms with Crippen LogP contribution in [-0.4, -0.2) is 12.6 Å². The minimum atomic E-state index is -0.284. The maximum atomic E-state index is 11.4. The molecule has 1 aromatic rings. The van der Waals surface area contributed by atoms with E-state index >= 15 is 0 Å². The summed E-state index contributed by atoms with van der Waals surface area (Å²) in [7, 11) is 0. The highest BCUT2D eigenvalue weighted by atomic mass is 16.5. The molecule has 0 aromatic heterocycles. The van der Waals surface area contributed by atoms with Crippen LogP contribution in [0.1, 0.15) is 41.6 Å². The second kappa shape index (κ2) is 5.82. The van der Waals surface area contributed by atoms with E-state index in [0.717, 1.165) is 11.1 Å². The van der Waals surface area contributed by atoms with Crippen molar-refractivity contribution in [2.24, 2.45) is 5.73 Å². The average Bonchev–Trinajstić information content (AvgIpc) is 2.23. The average molecular weight is 235 g/mol. The van der Waals surface area contributed by atoms with Gasteiger partial charge in [-0.3, -0.25) is 4.79 Å². The number of nitrogens with two attached hydrogens (primary N) is 1. The van der Waals surface area contributed by atoms with Gasteiger partial charge in [0.15, 0.2) is 0 Å². The van der Waals surface area contributed by atoms with E-state index in [9.17, 15) is 4.79 Å². The van der Waals surface area contributed by atoms with E-state index in [-0.39, 0.29) is 18.4 Å². The summed E-state index contributed by atoms with van der Waals surface area (Å²) in [5, 5.41) is 0. The number of benzene rings is 1. The Hall–Kier alpha value is -1.35. The van der Waals surface area contributed by atoms with Crippen LogP contribution in [0.5, 0.6) is 0 Å². The summed E-state index contributed by atoms with van der Waals surface area (Å²) in [5.41, 5.74) is 10.6. The van der Waals surface area contributed by atoms with Crippen LogP contribution in [0.2, 0.25) is 0 Å². The van der Waals surface area contributed by atoms with Crippen molar-refractivity contribution in [2.75, 3.05) is 6.61 Å². The van der Waals surface area contributed by atoms with Gasteiger partial charge in [0.05, 0.1) is 13.0 Å². The highest BCUT2D eigenvalue weighted by Gasteiger charge is 2.15. The van der Waals surface area contributed by atoms with Crippen molar-refractivity contribution in [3.8, 4) is 0 Å². The Labute approximate surface area is 103 Å². The molecule has 3 heteroatoms. The lowest BCUT2D eigenvalue weighted by molar-refractivity contribution is -0.143. The van der Waals surface area contributed by atoms with Crippen molar-refractivity contribution in [1.29, 1.82) is 0 Å². The lowest BCUT2D eigenvalue weighted by Gasteiger charge is -2.16. The van der Waals surface area contributed by atoms with Gasteiger partial charge in [-0.25, -0.2) is 0 Å². The van der Waals surface area contributed by atoms with Crippen molar-refractivity contribution in [3.05, 3.63) is 34.4 Å². The molecule has 1 atom stereocenters. The van der Waals surface area contributed by atoms with Gasteiger partial charge in [-0.05, 0) is 49.9 Å². The summed E-state index contributed by atoms with van der Waals surface area (Å²) in [4.78, 5) is 11.4. The second-order valence-corrected chi connectivity index (χ2v) is 4.41. The number of ether oxygens (including phenoxy) is 1. The molecule has 3 nitrogen and oxygen atoms in total. The minimum Gasteiger partial charge on any atom is -0.466 e. The Bertz CT molecular complexity index is 413. The molecule has 0 saturated heterocycles. The predicted molar refractivity (Wildman–Crippen MR) is 68.8 cm³/mol. The maximum Gasteiger partial charge on any atom is 0.307 e. The first kappa shape index (κ1) is 13.7. The van der Waals surface area contributed by atoms with Crippen molar-refractivity contribution in [1.82, 2.24) is 0 Å². The Morgan fingerprint density at radius 3 is 2.41 bits per heavy atom. The summed E-state index contributed by atoms with van der Waals surface area (Å²) in [5.74, 6) is -0.238. The Morgan fingerprint density at radius 1 is 1.24 bits per heavy atom.